The summed E-state index contributed by atoms with van der Waals surface area (Å²) >= 11 is 0. The van der Waals surface area contributed by atoms with Gasteiger partial charge in [0.05, 0.1) is 13.4 Å². The summed E-state index contributed by atoms with van der Waals surface area (Å²) in [5, 5.41) is 3.39. The van der Waals surface area contributed by atoms with Crippen LogP contribution in [0.25, 0.3) is 0 Å². The average Bonchev–Trinajstić information content (AvgIpc) is 3.00. The van der Waals surface area contributed by atoms with Crippen molar-refractivity contribution in [3.63, 3.8) is 0 Å². The summed E-state index contributed by atoms with van der Waals surface area (Å²) in [4.78, 5) is 0. The minimum Gasteiger partial charge on any atom is -0.497 e. The van der Waals surface area contributed by atoms with Crippen LogP contribution in [0, 0.1) is 0 Å². The first kappa shape index (κ1) is 14.6. The molecule has 0 aliphatic carbocycles. The molecule has 0 fully saturated rings. The molecule has 108 valence electrons. The van der Waals surface area contributed by atoms with E-state index >= 15 is 0 Å². The predicted molar refractivity (Wildman–Crippen MR) is 77.7 cm³/mol. The van der Waals surface area contributed by atoms with Gasteiger partial charge >= 0.3 is 0 Å². The van der Waals surface area contributed by atoms with E-state index < -0.39 is 0 Å². The zero-order valence-corrected chi connectivity index (χ0v) is 11.8. The number of furan rings is 1. The Morgan fingerprint density at radius 3 is 2.95 bits per heavy atom. The van der Waals surface area contributed by atoms with Crippen LogP contribution in [0.15, 0.2) is 47.1 Å². The molecule has 0 aliphatic heterocycles. The lowest BCUT2D eigenvalue weighted by Crippen LogP contribution is -2.16. The number of methoxy groups -OCH3 is 1. The smallest absolute Gasteiger partial charge is 0.129 e. The topological polar surface area (TPSA) is 43.6 Å². The normalized spacial score (nSPS) is 10.7. The van der Waals surface area contributed by atoms with Gasteiger partial charge in [-0.05, 0) is 42.8 Å². The molecule has 0 amide bonds. The van der Waals surface area contributed by atoms with Crippen LogP contribution in [0.4, 0.5) is 0 Å². The second kappa shape index (κ2) is 8.40. The van der Waals surface area contributed by atoms with Crippen molar-refractivity contribution < 1.29 is 13.9 Å². The molecule has 4 nitrogen and oxygen atoms in total. The molecule has 0 saturated carbocycles. The molecule has 0 spiro atoms. The summed E-state index contributed by atoms with van der Waals surface area (Å²) in [6.07, 6.45) is 2.64. The Morgan fingerprint density at radius 1 is 1.20 bits per heavy atom. The number of hydrogen-bond donors (Lipinski definition) is 1. The number of rotatable bonds is 9. The average molecular weight is 275 g/mol. The van der Waals surface area contributed by atoms with E-state index in [1.54, 1.807) is 13.4 Å². The monoisotopic (exact) mass is 275 g/mol. The van der Waals surface area contributed by atoms with Crippen LogP contribution in [0.5, 0.6) is 5.75 Å². The number of hydrogen-bond acceptors (Lipinski definition) is 4. The zero-order chi connectivity index (χ0) is 14.0. The van der Waals surface area contributed by atoms with Crippen molar-refractivity contribution in [2.24, 2.45) is 0 Å². The van der Waals surface area contributed by atoms with Gasteiger partial charge in [-0.25, -0.2) is 0 Å². The summed E-state index contributed by atoms with van der Waals surface area (Å²) in [5.41, 5.74) is 1.22. The zero-order valence-electron chi connectivity index (χ0n) is 11.8. The fourth-order valence-electron chi connectivity index (χ4n) is 1.88. The highest BCUT2D eigenvalue weighted by Crippen LogP contribution is 2.12. The molecule has 4 heteroatoms. The molecular weight excluding hydrogens is 254 g/mol. The van der Waals surface area contributed by atoms with Crippen molar-refractivity contribution >= 4 is 0 Å². The van der Waals surface area contributed by atoms with Gasteiger partial charge in [0, 0.05) is 13.2 Å². The lowest BCUT2D eigenvalue weighted by molar-refractivity contribution is 0.104. The van der Waals surface area contributed by atoms with Crippen molar-refractivity contribution in [1.29, 1.82) is 0 Å². The third-order valence-corrected chi connectivity index (χ3v) is 2.93. The van der Waals surface area contributed by atoms with Gasteiger partial charge in [-0.2, -0.15) is 0 Å². The molecule has 0 bridgehead atoms. The Balaban J connectivity index is 1.53. The van der Waals surface area contributed by atoms with E-state index in [9.17, 15) is 0 Å². The van der Waals surface area contributed by atoms with Crippen molar-refractivity contribution in [2.45, 2.75) is 19.6 Å². The molecule has 2 aromatic rings. The maximum absolute atomic E-state index is 5.51. The first-order valence-corrected chi connectivity index (χ1v) is 6.82. The summed E-state index contributed by atoms with van der Waals surface area (Å²) in [5.74, 6) is 1.76. The van der Waals surface area contributed by atoms with Crippen LogP contribution < -0.4 is 10.1 Å². The summed E-state index contributed by atoms with van der Waals surface area (Å²) < 4.78 is 15.9. The SMILES string of the molecule is COc1cccc(CNCCCOCc2ccco2)c1. The highest BCUT2D eigenvalue weighted by Gasteiger charge is 1.97. The van der Waals surface area contributed by atoms with E-state index in [-0.39, 0.29) is 0 Å². The van der Waals surface area contributed by atoms with Gasteiger partial charge in [-0.1, -0.05) is 12.1 Å². The molecule has 0 saturated heterocycles. The van der Waals surface area contributed by atoms with Gasteiger partial charge in [0.25, 0.3) is 0 Å². The second-order valence-electron chi connectivity index (χ2n) is 4.51. The summed E-state index contributed by atoms with van der Waals surface area (Å²) in [7, 11) is 1.68. The first-order valence-electron chi connectivity index (χ1n) is 6.82. The molecule has 1 heterocycles. The number of ether oxygens (including phenoxy) is 2. The Morgan fingerprint density at radius 2 is 2.15 bits per heavy atom. The summed E-state index contributed by atoms with van der Waals surface area (Å²) in [6.45, 7) is 3.04. The number of nitrogens with one attached hydrogen (secondary N) is 1. The Kier molecular flexibility index (Phi) is 6.14. The van der Waals surface area contributed by atoms with Crippen LogP contribution >= 0.6 is 0 Å². The van der Waals surface area contributed by atoms with Gasteiger partial charge in [0.1, 0.15) is 18.1 Å². The lowest BCUT2D eigenvalue weighted by atomic mass is 10.2. The van der Waals surface area contributed by atoms with Crippen LogP contribution in [0.3, 0.4) is 0 Å². The highest BCUT2D eigenvalue weighted by atomic mass is 16.5. The molecule has 0 unspecified atom stereocenters. The minimum absolute atomic E-state index is 0.545. The van der Waals surface area contributed by atoms with E-state index in [4.69, 9.17) is 13.9 Å². The Labute approximate surface area is 119 Å². The molecular formula is C16H21NO3. The maximum Gasteiger partial charge on any atom is 0.129 e. The summed E-state index contributed by atoms with van der Waals surface area (Å²) in [6, 6.07) is 11.9. The van der Waals surface area contributed by atoms with Gasteiger partial charge in [0.15, 0.2) is 0 Å². The fraction of sp³-hybridized carbons (Fsp3) is 0.375. The molecule has 0 aliphatic rings. The van der Waals surface area contributed by atoms with Crippen molar-refractivity contribution in [3.05, 3.63) is 54.0 Å². The molecule has 1 N–H and O–H groups in total. The number of benzene rings is 1. The van der Waals surface area contributed by atoms with Crippen molar-refractivity contribution in [1.82, 2.24) is 5.32 Å². The van der Waals surface area contributed by atoms with Crippen molar-refractivity contribution in [2.75, 3.05) is 20.3 Å². The van der Waals surface area contributed by atoms with Gasteiger partial charge in [0.2, 0.25) is 0 Å². The Bertz CT molecular complexity index is 482. The second-order valence-corrected chi connectivity index (χ2v) is 4.51. The molecule has 0 atom stereocenters. The predicted octanol–water partition coefficient (Wildman–Crippen LogP) is 2.98. The third-order valence-electron chi connectivity index (χ3n) is 2.93. The molecule has 20 heavy (non-hydrogen) atoms. The fourth-order valence-corrected chi connectivity index (χ4v) is 1.88. The standard InChI is InChI=1S/C16H21NO3/c1-18-15-6-2-5-14(11-15)12-17-8-4-9-19-13-16-7-3-10-20-16/h2-3,5-7,10-11,17H,4,8-9,12-13H2,1H3. The molecule has 0 radical (unpaired) electrons. The van der Waals surface area contributed by atoms with E-state index in [1.807, 2.05) is 30.3 Å². The molecule has 1 aromatic heterocycles. The van der Waals surface area contributed by atoms with Gasteiger partial charge in [-0.3, -0.25) is 0 Å². The largest absolute Gasteiger partial charge is 0.497 e. The maximum atomic E-state index is 5.51. The van der Waals surface area contributed by atoms with Crippen LogP contribution in [-0.2, 0) is 17.9 Å². The third kappa shape index (κ3) is 5.07. The molecule has 1 aromatic carbocycles. The first-order chi connectivity index (χ1) is 9.88. The van der Waals surface area contributed by atoms with Crippen molar-refractivity contribution in [3.8, 4) is 5.75 Å². The van der Waals surface area contributed by atoms with E-state index in [2.05, 4.69) is 11.4 Å². The van der Waals surface area contributed by atoms with E-state index in [0.717, 1.165) is 37.6 Å². The molecule has 2 rings (SSSR count). The van der Waals surface area contributed by atoms with Crippen LogP contribution in [-0.4, -0.2) is 20.3 Å². The van der Waals surface area contributed by atoms with Crippen LogP contribution in [0.2, 0.25) is 0 Å². The Hall–Kier alpha value is -1.78. The van der Waals surface area contributed by atoms with Gasteiger partial charge in [-0.15, -0.1) is 0 Å². The minimum atomic E-state index is 0.545. The quantitative estimate of drug-likeness (QED) is 0.714. The highest BCUT2D eigenvalue weighted by molar-refractivity contribution is 5.28. The van der Waals surface area contributed by atoms with E-state index in [1.165, 1.54) is 5.56 Å². The van der Waals surface area contributed by atoms with Crippen LogP contribution in [0.1, 0.15) is 17.7 Å². The lowest BCUT2D eigenvalue weighted by Gasteiger charge is -2.07. The van der Waals surface area contributed by atoms with E-state index in [0.29, 0.717) is 6.61 Å². The van der Waals surface area contributed by atoms with Gasteiger partial charge < -0.3 is 19.2 Å².